The molecule has 0 saturated carbocycles. The normalized spacial score (nSPS) is 26.3. The van der Waals surface area contributed by atoms with Crippen LogP contribution in [0.3, 0.4) is 0 Å². The molecule has 5 nitrogen and oxygen atoms in total. The maximum absolute atomic E-state index is 12.0. The molecule has 1 N–H and O–H groups in total. The van der Waals surface area contributed by atoms with Crippen LogP contribution in [0.25, 0.3) is 0 Å². The largest absolute Gasteiger partial charge is 0.469 e. The summed E-state index contributed by atoms with van der Waals surface area (Å²) in [5.41, 5.74) is -1.23. The number of benzene rings is 1. The summed E-state index contributed by atoms with van der Waals surface area (Å²) >= 11 is 0. The van der Waals surface area contributed by atoms with Crippen molar-refractivity contribution in [2.75, 3.05) is 12.9 Å². The summed E-state index contributed by atoms with van der Waals surface area (Å²) in [4.78, 5) is 11.8. The van der Waals surface area contributed by atoms with Crippen LogP contribution in [0.4, 0.5) is 0 Å². The van der Waals surface area contributed by atoms with E-state index in [-0.39, 0.29) is 22.6 Å². The van der Waals surface area contributed by atoms with Gasteiger partial charge in [-0.3, -0.25) is 4.79 Å². The number of carbonyl (C=O) groups is 1. The van der Waals surface area contributed by atoms with Gasteiger partial charge in [0.15, 0.2) is 9.84 Å². The Bertz CT molecular complexity index is 607. The van der Waals surface area contributed by atoms with Crippen molar-refractivity contribution >= 4 is 15.8 Å². The number of rotatable bonds is 2. The maximum Gasteiger partial charge on any atom is 0.311 e. The third-order valence-electron chi connectivity index (χ3n) is 3.71. The molecule has 0 saturated heterocycles. The Morgan fingerprint density at radius 2 is 2.05 bits per heavy atom. The van der Waals surface area contributed by atoms with Crippen molar-refractivity contribution in [3.63, 3.8) is 0 Å². The van der Waals surface area contributed by atoms with Crippen LogP contribution in [0.1, 0.15) is 18.9 Å². The smallest absolute Gasteiger partial charge is 0.311 e. The topological polar surface area (TPSA) is 80.7 Å². The van der Waals surface area contributed by atoms with Crippen LogP contribution in [0, 0.1) is 5.92 Å². The maximum atomic E-state index is 12.0. The monoisotopic (exact) mass is 284 g/mol. The molecule has 0 aromatic heterocycles. The van der Waals surface area contributed by atoms with E-state index in [0.29, 0.717) is 0 Å². The van der Waals surface area contributed by atoms with Gasteiger partial charge in [0.05, 0.1) is 23.7 Å². The van der Waals surface area contributed by atoms with E-state index in [1.807, 2.05) is 0 Å². The van der Waals surface area contributed by atoms with Crippen LogP contribution in [0.15, 0.2) is 29.2 Å². The number of aliphatic hydroxyl groups is 1. The van der Waals surface area contributed by atoms with Gasteiger partial charge in [0.25, 0.3) is 0 Å². The van der Waals surface area contributed by atoms with E-state index in [1.54, 1.807) is 25.1 Å². The molecule has 6 heteroatoms. The van der Waals surface area contributed by atoms with E-state index in [9.17, 15) is 18.3 Å². The lowest BCUT2D eigenvalue weighted by Crippen LogP contribution is -2.44. The predicted molar refractivity (Wildman–Crippen MR) is 68.2 cm³/mol. The van der Waals surface area contributed by atoms with Crippen molar-refractivity contribution in [3.8, 4) is 0 Å². The summed E-state index contributed by atoms with van der Waals surface area (Å²) in [5.74, 6) is -1.56. The second kappa shape index (κ2) is 4.61. The summed E-state index contributed by atoms with van der Waals surface area (Å²) in [6.07, 6.45) is -0.0113. The zero-order valence-corrected chi connectivity index (χ0v) is 11.6. The average Bonchev–Trinajstić information content (AvgIpc) is 2.42. The molecular weight excluding hydrogens is 268 g/mol. The van der Waals surface area contributed by atoms with Crippen LogP contribution >= 0.6 is 0 Å². The minimum absolute atomic E-state index is 0.0113. The molecule has 1 aromatic carbocycles. The predicted octanol–water partition coefficient (Wildman–Crippen LogP) is 0.861. The Labute approximate surface area is 112 Å². The van der Waals surface area contributed by atoms with Gasteiger partial charge in [-0.05, 0) is 19.4 Å². The first-order valence-electron chi connectivity index (χ1n) is 5.95. The Balaban J connectivity index is 2.59. The second-order valence-electron chi connectivity index (χ2n) is 4.73. The lowest BCUT2D eigenvalue weighted by molar-refractivity contribution is -0.156. The van der Waals surface area contributed by atoms with Gasteiger partial charge in [0, 0.05) is 5.56 Å². The number of esters is 1. The average molecular weight is 284 g/mol. The fourth-order valence-electron chi connectivity index (χ4n) is 2.45. The van der Waals surface area contributed by atoms with Crippen molar-refractivity contribution in [2.45, 2.75) is 23.8 Å². The quantitative estimate of drug-likeness (QED) is 0.815. The number of methoxy groups -OCH3 is 1. The zero-order valence-electron chi connectivity index (χ0n) is 10.8. The molecule has 2 rings (SSSR count). The Hall–Kier alpha value is -1.40. The lowest BCUT2D eigenvalue weighted by atomic mass is 9.80. The zero-order chi connectivity index (χ0) is 14.3. The van der Waals surface area contributed by atoms with Gasteiger partial charge in [-0.25, -0.2) is 8.42 Å². The molecule has 0 spiro atoms. The van der Waals surface area contributed by atoms with Crippen LogP contribution < -0.4 is 0 Å². The van der Waals surface area contributed by atoms with Gasteiger partial charge in [-0.15, -0.1) is 0 Å². The third-order valence-corrected chi connectivity index (χ3v) is 5.48. The highest BCUT2D eigenvalue weighted by Gasteiger charge is 2.47. The molecule has 1 heterocycles. The van der Waals surface area contributed by atoms with E-state index in [4.69, 9.17) is 0 Å². The van der Waals surface area contributed by atoms with Gasteiger partial charge in [0.1, 0.15) is 5.60 Å². The summed E-state index contributed by atoms with van der Waals surface area (Å²) in [5, 5.41) is 10.8. The molecule has 1 aliphatic rings. The fourth-order valence-corrected chi connectivity index (χ4v) is 4.12. The molecule has 104 valence electrons. The number of sulfone groups is 1. The molecule has 19 heavy (non-hydrogen) atoms. The van der Waals surface area contributed by atoms with Gasteiger partial charge in [-0.2, -0.15) is 0 Å². The standard InChI is InChI=1S/C13H16O5S/c1-9(12(14)18-2)13(15)7-8-19(16,17)11-6-4-3-5-10(11)13/h3-6,9,15H,7-8H2,1-2H3. The first-order chi connectivity index (χ1) is 8.83. The summed E-state index contributed by atoms with van der Waals surface area (Å²) in [6, 6.07) is 6.25. The van der Waals surface area contributed by atoms with Crippen LogP contribution in [-0.4, -0.2) is 32.4 Å². The number of hydrogen-bond acceptors (Lipinski definition) is 5. The molecule has 0 radical (unpaired) electrons. The van der Waals surface area contributed by atoms with Crippen molar-refractivity contribution in [2.24, 2.45) is 5.92 Å². The molecule has 0 fully saturated rings. The lowest BCUT2D eigenvalue weighted by Gasteiger charge is -2.37. The van der Waals surface area contributed by atoms with Crippen molar-refractivity contribution < 1.29 is 23.1 Å². The van der Waals surface area contributed by atoms with E-state index in [2.05, 4.69) is 4.74 Å². The van der Waals surface area contributed by atoms with Crippen LogP contribution in [-0.2, 0) is 25.0 Å². The van der Waals surface area contributed by atoms with Crippen molar-refractivity contribution in [3.05, 3.63) is 29.8 Å². The SMILES string of the molecule is COC(=O)C(C)C1(O)CCS(=O)(=O)c2ccccc21. The first kappa shape index (κ1) is 14.0. The minimum Gasteiger partial charge on any atom is -0.469 e. The minimum atomic E-state index is -3.39. The van der Waals surface area contributed by atoms with Gasteiger partial charge >= 0.3 is 5.97 Å². The van der Waals surface area contributed by atoms with Gasteiger partial charge in [0.2, 0.25) is 0 Å². The van der Waals surface area contributed by atoms with Gasteiger partial charge < -0.3 is 9.84 Å². The molecule has 0 bridgehead atoms. The van der Waals surface area contributed by atoms with Gasteiger partial charge in [-0.1, -0.05) is 18.2 Å². The number of ether oxygens (including phenoxy) is 1. The summed E-state index contributed by atoms with van der Waals surface area (Å²) in [7, 11) is -2.15. The fraction of sp³-hybridized carbons (Fsp3) is 0.462. The first-order valence-corrected chi connectivity index (χ1v) is 7.60. The van der Waals surface area contributed by atoms with Crippen LogP contribution in [0.2, 0.25) is 0 Å². The molecule has 0 aliphatic carbocycles. The Morgan fingerprint density at radius 1 is 1.42 bits per heavy atom. The number of fused-ring (bicyclic) bond motifs is 1. The van der Waals surface area contributed by atoms with E-state index >= 15 is 0 Å². The highest BCUT2D eigenvalue weighted by molar-refractivity contribution is 7.91. The van der Waals surface area contributed by atoms with E-state index in [0.717, 1.165) is 0 Å². The Kier molecular flexibility index (Phi) is 3.40. The Morgan fingerprint density at radius 3 is 2.68 bits per heavy atom. The molecule has 1 aromatic rings. The summed E-state index contributed by atoms with van der Waals surface area (Å²) in [6.45, 7) is 1.54. The van der Waals surface area contributed by atoms with Crippen molar-refractivity contribution in [1.82, 2.24) is 0 Å². The summed E-state index contributed by atoms with van der Waals surface area (Å²) < 4.78 is 28.6. The van der Waals surface area contributed by atoms with Crippen LogP contribution in [0.5, 0.6) is 0 Å². The number of carbonyl (C=O) groups excluding carboxylic acids is 1. The molecule has 2 atom stereocenters. The van der Waals surface area contributed by atoms with E-state index in [1.165, 1.54) is 13.2 Å². The second-order valence-corrected chi connectivity index (χ2v) is 6.81. The highest BCUT2D eigenvalue weighted by Crippen LogP contribution is 2.42. The molecule has 2 unspecified atom stereocenters. The molecule has 0 amide bonds. The number of hydrogen-bond donors (Lipinski definition) is 1. The van der Waals surface area contributed by atoms with E-state index < -0.39 is 27.3 Å². The third kappa shape index (κ3) is 2.15. The molecular formula is C13H16O5S. The van der Waals surface area contributed by atoms with Crippen molar-refractivity contribution in [1.29, 1.82) is 0 Å². The highest BCUT2D eigenvalue weighted by atomic mass is 32.2. The molecule has 1 aliphatic heterocycles.